The van der Waals surface area contributed by atoms with Crippen molar-refractivity contribution in [3.05, 3.63) is 42.1 Å². The van der Waals surface area contributed by atoms with Gasteiger partial charge in [0.2, 0.25) is 0 Å². The number of nitrogens with zero attached hydrogens (tertiary/aromatic N) is 2. The van der Waals surface area contributed by atoms with E-state index in [-0.39, 0.29) is 11.9 Å². The molecule has 2 rings (SSSR count). The van der Waals surface area contributed by atoms with Gasteiger partial charge in [-0.3, -0.25) is 9.48 Å². The molecule has 0 saturated carbocycles. The number of carbonyl (C=O) groups excluding carboxylic acids is 1. The van der Waals surface area contributed by atoms with Crippen molar-refractivity contribution in [1.82, 2.24) is 15.1 Å². The summed E-state index contributed by atoms with van der Waals surface area (Å²) in [5.74, 6) is 0.103. The molecule has 2 aromatic heterocycles. The normalized spacial score (nSPS) is 12.4. The van der Waals surface area contributed by atoms with Crippen LogP contribution in [0.2, 0.25) is 0 Å². The summed E-state index contributed by atoms with van der Waals surface area (Å²) in [6.45, 7) is 4.71. The van der Waals surface area contributed by atoms with E-state index in [9.17, 15) is 4.79 Å². The van der Waals surface area contributed by atoms with Crippen LogP contribution in [0.4, 0.5) is 0 Å². The molecule has 0 saturated heterocycles. The van der Waals surface area contributed by atoms with E-state index in [4.69, 9.17) is 4.42 Å². The highest BCUT2D eigenvalue weighted by Crippen LogP contribution is 2.12. The van der Waals surface area contributed by atoms with Gasteiger partial charge >= 0.3 is 0 Å². The van der Waals surface area contributed by atoms with Gasteiger partial charge in [0, 0.05) is 12.7 Å². The minimum absolute atomic E-state index is 0.102. The summed E-state index contributed by atoms with van der Waals surface area (Å²) in [5, 5.41) is 7.03. The fraction of sp³-hybridized carbons (Fsp3) is 0.333. The summed E-state index contributed by atoms with van der Waals surface area (Å²) >= 11 is 0. The first-order valence-electron chi connectivity index (χ1n) is 5.58. The maximum Gasteiger partial charge on any atom is 0.287 e. The number of nitrogens with one attached hydrogen (secondary N) is 1. The topological polar surface area (TPSA) is 60.1 Å². The van der Waals surface area contributed by atoms with Crippen molar-refractivity contribution in [2.45, 2.75) is 26.4 Å². The minimum atomic E-state index is -0.216. The molecule has 1 N–H and O–H groups in total. The maximum absolute atomic E-state index is 11.8. The predicted octanol–water partition coefficient (Wildman–Crippen LogP) is 1.99. The number of furan rings is 1. The molecule has 0 bridgehead atoms. The zero-order valence-electron chi connectivity index (χ0n) is 9.88. The first-order chi connectivity index (χ1) is 8.22. The highest BCUT2D eigenvalue weighted by molar-refractivity contribution is 5.91. The third kappa shape index (κ3) is 2.38. The largest absolute Gasteiger partial charge is 0.459 e. The molecule has 2 heterocycles. The van der Waals surface area contributed by atoms with Crippen molar-refractivity contribution >= 4 is 5.91 Å². The third-order valence-corrected chi connectivity index (χ3v) is 2.59. The molecule has 0 spiro atoms. The molecule has 0 aromatic carbocycles. The van der Waals surface area contributed by atoms with E-state index < -0.39 is 0 Å². The van der Waals surface area contributed by atoms with E-state index in [2.05, 4.69) is 10.4 Å². The third-order valence-electron chi connectivity index (χ3n) is 2.59. The summed E-state index contributed by atoms with van der Waals surface area (Å²) in [5.41, 5.74) is 0.979. The van der Waals surface area contributed by atoms with Crippen LogP contribution < -0.4 is 5.32 Å². The van der Waals surface area contributed by atoms with Crippen LogP contribution in [-0.2, 0) is 6.54 Å². The van der Waals surface area contributed by atoms with Gasteiger partial charge in [0.25, 0.3) is 5.91 Å². The first kappa shape index (κ1) is 11.4. The molecule has 5 heteroatoms. The van der Waals surface area contributed by atoms with E-state index in [1.165, 1.54) is 6.26 Å². The van der Waals surface area contributed by atoms with Gasteiger partial charge in [-0.2, -0.15) is 5.10 Å². The molecule has 2 aromatic rings. The summed E-state index contributed by atoms with van der Waals surface area (Å²) in [6.07, 6.45) is 3.21. The van der Waals surface area contributed by atoms with Crippen molar-refractivity contribution in [3.63, 3.8) is 0 Å². The highest BCUT2D eigenvalue weighted by atomic mass is 16.3. The molecule has 0 fully saturated rings. The van der Waals surface area contributed by atoms with Gasteiger partial charge in [0.1, 0.15) is 0 Å². The smallest absolute Gasteiger partial charge is 0.287 e. The fourth-order valence-corrected chi connectivity index (χ4v) is 1.72. The number of carbonyl (C=O) groups is 1. The van der Waals surface area contributed by atoms with Crippen molar-refractivity contribution in [1.29, 1.82) is 0 Å². The Morgan fingerprint density at radius 1 is 1.59 bits per heavy atom. The zero-order valence-corrected chi connectivity index (χ0v) is 9.88. The number of amides is 1. The first-order valence-corrected chi connectivity index (χ1v) is 5.58. The second kappa shape index (κ2) is 4.86. The summed E-state index contributed by atoms with van der Waals surface area (Å²) < 4.78 is 6.89. The standard InChI is InChI=1S/C12H15N3O2/c1-3-15-10(6-7-13-15)9(2)14-12(16)11-5-4-8-17-11/h4-9H,3H2,1-2H3,(H,14,16). The van der Waals surface area contributed by atoms with Crippen molar-refractivity contribution < 1.29 is 9.21 Å². The summed E-state index contributed by atoms with van der Waals surface area (Å²) in [7, 11) is 0. The van der Waals surface area contributed by atoms with Crippen LogP contribution in [-0.4, -0.2) is 15.7 Å². The fourth-order valence-electron chi connectivity index (χ4n) is 1.72. The zero-order chi connectivity index (χ0) is 12.3. The Morgan fingerprint density at radius 3 is 3.06 bits per heavy atom. The average molecular weight is 233 g/mol. The number of rotatable bonds is 4. The monoisotopic (exact) mass is 233 g/mol. The van der Waals surface area contributed by atoms with Gasteiger partial charge in [-0.15, -0.1) is 0 Å². The summed E-state index contributed by atoms with van der Waals surface area (Å²) in [4.78, 5) is 11.8. The molecule has 0 aliphatic heterocycles. The maximum atomic E-state index is 11.8. The van der Waals surface area contributed by atoms with Crippen molar-refractivity contribution in [2.75, 3.05) is 0 Å². The molecule has 1 unspecified atom stereocenters. The molecule has 5 nitrogen and oxygen atoms in total. The lowest BCUT2D eigenvalue weighted by atomic mass is 10.2. The Balaban J connectivity index is 2.07. The minimum Gasteiger partial charge on any atom is -0.459 e. The van der Waals surface area contributed by atoms with Gasteiger partial charge in [0.15, 0.2) is 5.76 Å². The molecule has 90 valence electrons. The second-order valence-corrected chi connectivity index (χ2v) is 3.74. The van der Waals surface area contributed by atoms with Crippen LogP contribution in [0.3, 0.4) is 0 Å². The van der Waals surface area contributed by atoms with E-state index >= 15 is 0 Å². The molecule has 1 amide bonds. The van der Waals surface area contributed by atoms with E-state index in [0.29, 0.717) is 5.76 Å². The SMILES string of the molecule is CCn1nccc1C(C)NC(=O)c1ccco1. The van der Waals surface area contributed by atoms with Crippen LogP contribution in [0.25, 0.3) is 0 Å². The van der Waals surface area contributed by atoms with Crippen LogP contribution in [0.15, 0.2) is 35.1 Å². The molecule has 1 atom stereocenters. The quantitative estimate of drug-likeness (QED) is 0.878. The van der Waals surface area contributed by atoms with Gasteiger partial charge in [-0.05, 0) is 32.0 Å². The predicted molar refractivity (Wildman–Crippen MR) is 62.5 cm³/mol. The Kier molecular flexibility index (Phi) is 3.27. The highest BCUT2D eigenvalue weighted by Gasteiger charge is 2.15. The van der Waals surface area contributed by atoms with Crippen molar-refractivity contribution in [2.24, 2.45) is 0 Å². The van der Waals surface area contributed by atoms with Crippen LogP contribution in [0.1, 0.15) is 36.1 Å². The van der Waals surface area contributed by atoms with Crippen LogP contribution in [0.5, 0.6) is 0 Å². The van der Waals surface area contributed by atoms with E-state index in [1.54, 1.807) is 18.3 Å². The lowest BCUT2D eigenvalue weighted by Gasteiger charge is -2.14. The molecular formula is C12H15N3O2. The van der Waals surface area contributed by atoms with Gasteiger partial charge in [-0.25, -0.2) is 0 Å². The van der Waals surface area contributed by atoms with Gasteiger partial charge < -0.3 is 9.73 Å². The van der Waals surface area contributed by atoms with Gasteiger partial charge in [-0.1, -0.05) is 0 Å². The Hall–Kier alpha value is -2.04. The lowest BCUT2D eigenvalue weighted by Crippen LogP contribution is -2.27. The van der Waals surface area contributed by atoms with Crippen LogP contribution >= 0.6 is 0 Å². The van der Waals surface area contributed by atoms with Crippen molar-refractivity contribution in [3.8, 4) is 0 Å². The molecule has 0 radical (unpaired) electrons. The number of hydrogen-bond donors (Lipinski definition) is 1. The number of aromatic nitrogens is 2. The van der Waals surface area contributed by atoms with E-state index in [1.807, 2.05) is 24.6 Å². The van der Waals surface area contributed by atoms with Gasteiger partial charge in [0.05, 0.1) is 18.0 Å². The molecule has 0 aliphatic rings. The molecule has 17 heavy (non-hydrogen) atoms. The number of hydrogen-bond acceptors (Lipinski definition) is 3. The molecular weight excluding hydrogens is 218 g/mol. The van der Waals surface area contributed by atoms with Crippen LogP contribution in [0, 0.1) is 0 Å². The molecule has 0 aliphatic carbocycles. The average Bonchev–Trinajstić information content (AvgIpc) is 2.99. The lowest BCUT2D eigenvalue weighted by molar-refractivity contribution is 0.0910. The number of aryl methyl sites for hydroxylation is 1. The Bertz CT molecular complexity index is 488. The van der Waals surface area contributed by atoms with E-state index in [0.717, 1.165) is 12.2 Å². The Morgan fingerprint density at radius 2 is 2.41 bits per heavy atom. The second-order valence-electron chi connectivity index (χ2n) is 3.74. The summed E-state index contributed by atoms with van der Waals surface area (Å²) in [6, 6.07) is 5.13. The Labute approximate surface area is 99.4 Å².